The second-order valence-electron chi connectivity index (χ2n) is 3.56. The third kappa shape index (κ3) is 0.698. The molecule has 0 saturated heterocycles. The molecule has 2 N–H and O–H groups in total. The first-order valence-electron chi connectivity index (χ1n) is 3.73. The number of alkyl halides is 2. The van der Waals surface area contributed by atoms with Gasteiger partial charge in [-0.25, -0.2) is 8.78 Å². The lowest BCUT2D eigenvalue weighted by Gasteiger charge is -2.24. The summed E-state index contributed by atoms with van der Waals surface area (Å²) in [7, 11) is 0. The van der Waals surface area contributed by atoms with E-state index in [1.807, 2.05) is 0 Å². The number of halogens is 2. The molecular weight excluding hydrogens is 136 g/mol. The zero-order valence-electron chi connectivity index (χ0n) is 5.69. The maximum atomic E-state index is 12.8. The predicted molar refractivity (Wildman–Crippen MR) is 33.8 cm³/mol. The van der Waals surface area contributed by atoms with Crippen LogP contribution in [0.2, 0.25) is 0 Å². The molecule has 0 unspecified atom stereocenters. The van der Waals surface area contributed by atoms with Gasteiger partial charge in [-0.15, -0.1) is 0 Å². The van der Waals surface area contributed by atoms with Crippen LogP contribution in [0.25, 0.3) is 0 Å². The molecule has 0 aromatic carbocycles. The molecule has 0 aromatic heterocycles. The number of fused-ring (bicyclic) bond motifs is 2. The molecule has 58 valence electrons. The van der Waals surface area contributed by atoms with Crippen molar-refractivity contribution >= 4 is 0 Å². The molecule has 2 rings (SSSR count). The largest absolute Gasteiger partial charge is 0.327 e. The summed E-state index contributed by atoms with van der Waals surface area (Å²) < 4.78 is 25.5. The van der Waals surface area contributed by atoms with Crippen LogP contribution in [-0.2, 0) is 0 Å². The van der Waals surface area contributed by atoms with E-state index < -0.39 is 11.8 Å². The van der Waals surface area contributed by atoms with Crippen LogP contribution in [0.1, 0.15) is 19.3 Å². The number of nitrogens with two attached hydrogens (primary N) is 1. The van der Waals surface area contributed by atoms with Crippen molar-refractivity contribution in [2.45, 2.75) is 31.2 Å². The van der Waals surface area contributed by atoms with Crippen molar-refractivity contribution in [2.75, 3.05) is 0 Å². The van der Waals surface area contributed by atoms with Crippen molar-refractivity contribution < 1.29 is 8.78 Å². The third-order valence-electron chi connectivity index (χ3n) is 2.88. The lowest BCUT2D eigenvalue weighted by molar-refractivity contribution is -0.0542. The zero-order valence-corrected chi connectivity index (χ0v) is 5.69. The summed E-state index contributed by atoms with van der Waals surface area (Å²) in [5.41, 5.74) is 5.61. The van der Waals surface area contributed by atoms with Gasteiger partial charge in [0.15, 0.2) is 0 Å². The summed E-state index contributed by atoms with van der Waals surface area (Å²) in [4.78, 5) is 0. The van der Waals surface area contributed by atoms with Crippen molar-refractivity contribution in [2.24, 2.45) is 17.6 Å². The summed E-state index contributed by atoms with van der Waals surface area (Å²) in [5, 5.41) is 0. The Balaban J connectivity index is 2.16. The van der Waals surface area contributed by atoms with Gasteiger partial charge in [0.25, 0.3) is 5.92 Å². The van der Waals surface area contributed by atoms with Gasteiger partial charge in [-0.3, -0.25) is 0 Å². The van der Waals surface area contributed by atoms with Crippen LogP contribution in [0.4, 0.5) is 8.78 Å². The van der Waals surface area contributed by atoms with Crippen molar-refractivity contribution in [3.63, 3.8) is 0 Å². The average Bonchev–Trinajstić information content (AvgIpc) is 2.21. The minimum absolute atomic E-state index is 0.0405. The molecule has 0 amide bonds. The summed E-state index contributed by atoms with van der Waals surface area (Å²) >= 11 is 0. The van der Waals surface area contributed by atoms with Gasteiger partial charge in [-0.05, 0) is 18.8 Å². The van der Waals surface area contributed by atoms with E-state index in [0.29, 0.717) is 12.8 Å². The Bertz CT molecular complexity index is 156. The molecule has 0 heterocycles. The molecule has 0 aromatic rings. The van der Waals surface area contributed by atoms with E-state index in [2.05, 4.69) is 0 Å². The van der Waals surface area contributed by atoms with Gasteiger partial charge in [-0.1, -0.05) is 0 Å². The molecule has 3 atom stereocenters. The molecule has 10 heavy (non-hydrogen) atoms. The quantitative estimate of drug-likeness (QED) is 0.550. The number of hydrogen-bond donors (Lipinski definition) is 1. The van der Waals surface area contributed by atoms with E-state index in [9.17, 15) is 8.78 Å². The Morgan fingerprint density at radius 1 is 1.30 bits per heavy atom. The van der Waals surface area contributed by atoms with E-state index in [1.165, 1.54) is 0 Å². The first-order chi connectivity index (χ1) is 4.59. The Hall–Kier alpha value is -0.180. The van der Waals surface area contributed by atoms with Crippen LogP contribution < -0.4 is 5.73 Å². The molecule has 3 heteroatoms. The Morgan fingerprint density at radius 2 is 2.00 bits per heavy atom. The second kappa shape index (κ2) is 1.70. The Labute approximate surface area is 58.6 Å². The van der Waals surface area contributed by atoms with Crippen LogP contribution >= 0.6 is 0 Å². The summed E-state index contributed by atoms with van der Waals surface area (Å²) in [6, 6.07) is 0.0598. The average molecular weight is 147 g/mol. The predicted octanol–water partition coefficient (Wildman–Crippen LogP) is 1.38. The van der Waals surface area contributed by atoms with E-state index in [0.717, 1.165) is 0 Å². The molecule has 0 spiro atoms. The highest BCUT2D eigenvalue weighted by Crippen LogP contribution is 2.52. The van der Waals surface area contributed by atoms with Crippen LogP contribution in [0.15, 0.2) is 0 Å². The summed E-state index contributed by atoms with van der Waals surface area (Å²) in [6.07, 6.45) is 1.24. The van der Waals surface area contributed by atoms with Gasteiger partial charge in [0.2, 0.25) is 0 Å². The standard InChI is InChI=1S/C7H11F2N/c8-7(9)3-4-1-5(7)2-6(4)10/h4-6H,1-3,10H2/t4-,5-,6-/m1/s1. The summed E-state index contributed by atoms with van der Waals surface area (Å²) in [5.74, 6) is -2.67. The number of hydrogen-bond acceptors (Lipinski definition) is 1. The van der Waals surface area contributed by atoms with Crippen LogP contribution in [-0.4, -0.2) is 12.0 Å². The van der Waals surface area contributed by atoms with Gasteiger partial charge in [0.05, 0.1) is 0 Å². The van der Waals surface area contributed by atoms with Gasteiger partial charge < -0.3 is 5.73 Å². The van der Waals surface area contributed by atoms with Crippen molar-refractivity contribution in [3.8, 4) is 0 Å². The van der Waals surface area contributed by atoms with Crippen LogP contribution in [0.3, 0.4) is 0 Å². The lowest BCUT2D eigenvalue weighted by Crippen LogP contribution is -2.35. The highest BCUT2D eigenvalue weighted by Gasteiger charge is 2.55. The molecule has 2 saturated carbocycles. The third-order valence-corrected chi connectivity index (χ3v) is 2.88. The van der Waals surface area contributed by atoms with Crippen LogP contribution in [0, 0.1) is 11.8 Å². The topological polar surface area (TPSA) is 26.0 Å². The highest BCUT2D eigenvalue weighted by atomic mass is 19.3. The minimum Gasteiger partial charge on any atom is -0.327 e. The van der Waals surface area contributed by atoms with Crippen molar-refractivity contribution in [3.05, 3.63) is 0 Å². The Morgan fingerprint density at radius 3 is 2.30 bits per heavy atom. The molecule has 0 aliphatic heterocycles. The molecule has 2 bridgehead atoms. The maximum Gasteiger partial charge on any atom is 0.251 e. The SMILES string of the molecule is N[C@@H]1C[C@H]2C[C@@H]1CC2(F)F. The van der Waals surface area contributed by atoms with Crippen molar-refractivity contribution in [1.82, 2.24) is 0 Å². The zero-order chi connectivity index (χ0) is 7.35. The lowest BCUT2D eigenvalue weighted by atomic mass is 9.93. The van der Waals surface area contributed by atoms with Gasteiger partial charge in [0, 0.05) is 18.4 Å². The summed E-state index contributed by atoms with van der Waals surface area (Å²) in [6.45, 7) is 0. The van der Waals surface area contributed by atoms with E-state index in [4.69, 9.17) is 5.73 Å². The molecule has 0 radical (unpaired) electrons. The minimum atomic E-state index is -2.39. The second-order valence-corrected chi connectivity index (χ2v) is 3.56. The molecule has 1 nitrogen and oxygen atoms in total. The fraction of sp³-hybridized carbons (Fsp3) is 1.00. The smallest absolute Gasteiger partial charge is 0.251 e. The highest BCUT2D eigenvalue weighted by molar-refractivity contribution is 5.01. The van der Waals surface area contributed by atoms with Crippen molar-refractivity contribution in [1.29, 1.82) is 0 Å². The van der Waals surface area contributed by atoms with E-state index >= 15 is 0 Å². The first-order valence-corrected chi connectivity index (χ1v) is 3.73. The fourth-order valence-electron chi connectivity index (χ4n) is 2.25. The fourth-order valence-corrected chi connectivity index (χ4v) is 2.25. The van der Waals surface area contributed by atoms with Gasteiger partial charge >= 0.3 is 0 Å². The Kier molecular flexibility index (Phi) is 1.11. The molecule has 2 fully saturated rings. The van der Waals surface area contributed by atoms with Gasteiger partial charge in [0.1, 0.15) is 0 Å². The molecular formula is C7H11F2N. The maximum absolute atomic E-state index is 12.8. The van der Waals surface area contributed by atoms with Gasteiger partial charge in [-0.2, -0.15) is 0 Å². The van der Waals surface area contributed by atoms with E-state index in [-0.39, 0.29) is 18.4 Å². The molecule has 2 aliphatic rings. The first kappa shape index (κ1) is 6.53. The van der Waals surface area contributed by atoms with Crippen LogP contribution in [0.5, 0.6) is 0 Å². The normalized spacial score (nSPS) is 50.1. The molecule has 2 aliphatic carbocycles. The monoisotopic (exact) mass is 147 g/mol. The number of rotatable bonds is 0. The van der Waals surface area contributed by atoms with E-state index in [1.54, 1.807) is 0 Å².